The van der Waals surface area contributed by atoms with Gasteiger partial charge in [0.05, 0.1) is 6.61 Å². The minimum absolute atomic E-state index is 0.155. The van der Waals surface area contributed by atoms with E-state index in [0.29, 0.717) is 6.61 Å². The lowest BCUT2D eigenvalue weighted by Gasteiger charge is -2.28. The summed E-state index contributed by atoms with van der Waals surface area (Å²) in [4.78, 5) is 12.0. The summed E-state index contributed by atoms with van der Waals surface area (Å²) in [5.74, 6) is 1.57. The number of carbonyl (C=O) groups is 1. The van der Waals surface area contributed by atoms with Gasteiger partial charge in [-0.1, -0.05) is 6.92 Å². The molecule has 0 rings (SSSR count). The smallest absolute Gasteiger partial charge is 0.326 e. The maximum absolute atomic E-state index is 12.0. The summed E-state index contributed by atoms with van der Waals surface area (Å²) >= 11 is 1.76. The van der Waals surface area contributed by atoms with Gasteiger partial charge in [-0.05, 0) is 39.0 Å². The van der Waals surface area contributed by atoms with Crippen LogP contribution in [-0.2, 0) is 14.3 Å². The highest BCUT2D eigenvalue weighted by Crippen LogP contribution is 2.16. The quantitative estimate of drug-likeness (QED) is 0.463. The Morgan fingerprint density at radius 2 is 2.11 bits per heavy atom. The Morgan fingerprint density at radius 1 is 1.39 bits per heavy atom. The van der Waals surface area contributed by atoms with Crippen LogP contribution < -0.4 is 5.32 Å². The second kappa shape index (κ2) is 10.6. The SMILES string of the molecule is CCCNC(C)(CSCCCOC)C(=O)OCC. The topological polar surface area (TPSA) is 47.6 Å². The minimum Gasteiger partial charge on any atom is -0.465 e. The Balaban J connectivity index is 4.15. The third-order valence-corrected chi connectivity index (χ3v) is 3.88. The van der Waals surface area contributed by atoms with E-state index in [1.54, 1.807) is 18.9 Å². The number of hydrogen-bond donors (Lipinski definition) is 1. The third-order valence-electron chi connectivity index (χ3n) is 2.52. The van der Waals surface area contributed by atoms with Crippen LogP contribution in [0.1, 0.15) is 33.6 Å². The highest BCUT2D eigenvalue weighted by molar-refractivity contribution is 7.99. The number of rotatable bonds is 11. The molecule has 0 spiro atoms. The number of ether oxygens (including phenoxy) is 2. The number of carbonyl (C=O) groups excluding carboxylic acids is 1. The van der Waals surface area contributed by atoms with Crippen LogP contribution in [0.15, 0.2) is 0 Å². The summed E-state index contributed by atoms with van der Waals surface area (Å²) in [5, 5.41) is 3.29. The first-order chi connectivity index (χ1) is 8.60. The Morgan fingerprint density at radius 3 is 2.67 bits per heavy atom. The zero-order chi connectivity index (χ0) is 13.9. The molecule has 0 aromatic rings. The molecule has 5 heteroatoms. The zero-order valence-electron chi connectivity index (χ0n) is 12.1. The van der Waals surface area contributed by atoms with Crippen molar-refractivity contribution in [3.8, 4) is 0 Å². The van der Waals surface area contributed by atoms with Crippen molar-refractivity contribution in [2.45, 2.75) is 39.2 Å². The molecular formula is C13H27NO3S. The first kappa shape index (κ1) is 17.7. The number of hydrogen-bond acceptors (Lipinski definition) is 5. The lowest BCUT2D eigenvalue weighted by molar-refractivity contribution is -0.149. The molecule has 0 saturated heterocycles. The molecule has 1 N–H and O–H groups in total. The van der Waals surface area contributed by atoms with Crippen molar-refractivity contribution in [2.24, 2.45) is 0 Å². The third kappa shape index (κ3) is 7.24. The number of methoxy groups -OCH3 is 1. The van der Waals surface area contributed by atoms with Gasteiger partial charge in [0, 0.05) is 19.5 Å². The lowest BCUT2D eigenvalue weighted by atomic mass is 10.1. The van der Waals surface area contributed by atoms with E-state index in [9.17, 15) is 4.79 Å². The molecule has 0 aromatic carbocycles. The van der Waals surface area contributed by atoms with Crippen molar-refractivity contribution in [2.75, 3.05) is 38.4 Å². The van der Waals surface area contributed by atoms with Crippen molar-refractivity contribution in [1.29, 1.82) is 0 Å². The van der Waals surface area contributed by atoms with Gasteiger partial charge in [0.15, 0.2) is 0 Å². The van der Waals surface area contributed by atoms with Gasteiger partial charge in [-0.3, -0.25) is 4.79 Å². The average molecular weight is 277 g/mol. The molecule has 0 fully saturated rings. The minimum atomic E-state index is -0.580. The predicted molar refractivity (Wildman–Crippen MR) is 77.1 cm³/mol. The Kier molecular flexibility index (Phi) is 10.5. The predicted octanol–water partition coefficient (Wildman–Crippen LogP) is 2.08. The largest absolute Gasteiger partial charge is 0.465 e. The maximum atomic E-state index is 12.0. The van der Waals surface area contributed by atoms with E-state index < -0.39 is 5.54 Å². The van der Waals surface area contributed by atoms with E-state index >= 15 is 0 Å². The molecule has 0 heterocycles. The first-order valence-electron chi connectivity index (χ1n) is 6.59. The van der Waals surface area contributed by atoms with Crippen LogP contribution in [0.2, 0.25) is 0 Å². The summed E-state index contributed by atoms with van der Waals surface area (Å²) in [6.45, 7) is 7.87. The Hall–Kier alpha value is -0.260. The van der Waals surface area contributed by atoms with Crippen LogP contribution in [0.5, 0.6) is 0 Å². The number of thioether (sulfide) groups is 1. The zero-order valence-corrected chi connectivity index (χ0v) is 12.9. The van der Waals surface area contributed by atoms with E-state index in [4.69, 9.17) is 9.47 Å². The van der Waals surface area contributed by atoms with E-state index in [1.807, 2.05) is 13.8 Å². The standard InChI is InChI=1S/C13H27NO3S/c1-5-8-14-13(3,12(15)17-6-2)11-18-10-7-9-16-4/h14H,5-11H2,1-4H3. The molecule has 0 aliphatic heterocycles. The van der Waals surface area contributed by atoms with Gasteiger partial charge in [0.2, 0.25) is 0 Å². The molecule has 1 unspecified atom stereocenters. The van der Waals surface area contributed by atoms with Gasteiger partial charge < -0.3 is 14.8 Å². The molecule has 18 heavy (non-hydrogen) atoms. The van der Waals surface area contributed by atoms with Crippen molar-refractivity contribution < 1.29 is 14.3 Å². The Labute approximate surface area is 115 Å². The molecule has 0 aliphatic rings. The van der Waals surface area contributed by atoms with Crippen LogP contribution in [0.3, 0.4) is 0 Å². The molecule has 1 atom stereocenters. The molecular weight excluding hydrogens is 250 g/mol. The second-order valence-corrected chi connectivity index (χ2v) is 5.48. The highest BCUT2D eigenvalue weighted by atomic mass is 32.2. The van der Waals surface area contributed by atoms with Crippen molar-refractivity contribution in [3.63, 3.8) is 0 Å². The van der Waals surface area contributed by atoms with Gasteiger partial charge in [-0.25, -0.2) is 0 Å². The molecule has 0 saturated carbocycles. The average Bonchev–Trinajstić information content (AvgIpc) is 2.36. The second-order valence-electron chi connectivity index (χ2n) is 4.38. The summed E-state index contributed by atoms with van der Waals surface area (Å²) in [7, 11) is 1.70. The molecule has 0 bridgehead atoms. The number of nitrogens with one attached hydrogen (secondary N) is 1. The van der Waals surface area contributed by atoms with Crippen LogP contribution in [0, 0.1) is 0 Å². The summed E-state index contributed by atoms with van der Waals surface area (Å²) < 4.78 is 10.1. The van der Waals surface area contributed by atoms with Crippen molar-refractivity contribution in [1.82, 2.24) is 5.32 Å². The highest BCUT2D eigenvalue weighted by Gasteiger charge is 2.33. The Bertz CT molecular complexity index is 226. The van der Waals surface area contributed by atoms with Crippen LogP contribution in [0.4, 0.5) is 0 Å². The van der Waals surface area contributed by atoms with Gasteiger partial charge in [-0.15, -0.1) is 0 Å². The summed E-state index contributed by atoms with van der Waals surface area (Å²) in [6, 6.07) is 0. The molecule has 0 radical (unpaired) electrons. The maximum Gasteiger partial charge on any atom is 0.326 e. The van der Waals surface area contributed by atoms with E-state index in [0.717, 1.165) is 37.5 Å². The van der Waals surface area contributed by atoms with Crippen molar-refractivity contribution in [3.05, 3.63) is 0 Å². The first-order valence-corrected chi connectivity index (χ1v) is 7.75. The monoisotopic (exact) mass is 277 g/mol. The van der Waals surface area contributed by atoms with Crippen LogP contribution in [0.25, 0.3) is 0 Å². The fraction of sp³-hybridized carbons (Fsp3) is 0.923. The fourth-order valence-electron chi connectivity index (χ4n) is 1.46. The summed E-state index contributed by atoms with van der Waals surface area (Å²) in [6.07, 6.45) is 2.01. The van der Waals surface area contributed by atoms with Crippen LogP contribution in [-0.4, -0.2) is 49.9 Å². The molecule has 0 amide bonds. The molecule has 0 aromatic heterocycles. The van der Waals surface area contributed by atoms with Gasteiger partial charge in [0.25, 0.3) is 0 Å². The lowest BCUT2D eigenvalue weighted by Crippen LogP contribution is -2.53. The van der Waals surface area contributed by atoms with E-state index in [2.05, 4.69) is 12.2 Å². The molecule has 0 aliphatic carbocycles. The van der Waals surface area contributed by atoms with Gasteiger partial charge in [0.1, 0.15) is 5.54 Å². The van der Waals surface area contributed by atoms with E-state index in [1.165, 1.54) is 0 Å². The molecule has 108 valence electrons. The number of esters is 1. The van der Waals surface area contributed by atoms with Gasteiger partial charge >= 0.3 is 5.97 Å². The normalized spacial score (nSPS) is 14.2. The van der Waals surface area contributed by atoms with Crippen molar-refractivity contribution >= 4 is 17.7 Å². The fourth-order valence-corrected chi connectivity index (χ4v) is 2.55. The van der Waals surface area contributed by atoms with E-state index in [-0.39, 0.29) is 5.97 Å². The summed E-state index contributed by atoms with van der Waals surface area (Å²) in [5.41, 5.74) is -0.580. The molecule has 4 nitrogen and oxygen atoms in total. The van der Waals surface area contributed by atoms with Gasteiger partial charge in [-0.2, -0.15) is 11.8 Å². The van der Waals surface area contributed by atoms with Crippen LogP contribution >= 0.6 is 11.8 Å².